The van der Waals surface area contributed by atoms with Crippen molar-refractivity contribution in [2.75, 3.05) is 20.6 Å². The van der Waals surface area contributed by atoms with E-state index >= 15 is 0 Å². The van der Waals surface area contributed by atoms with E-state index < -0.39 is 0 Å². The van der Waals surface area contributed by atoms with E-state index in [0.29, 0.717) is 0 Å². The maximum atomic E-state index is 5.85. The number of nitrogens with zero attached hydrogens (tertiary/aromatic N) is 2. The molecular weight excluding hydrogens is 274 g/mol. The van der Waals surface area contributed by atoms with Crippen LogP contribution in [0.25, 0.3) is 0 Å². The predicted molar refractivity (Wildman–Crippen MR) is 59.0 cm³/mol. The van der Waals surface area contributed by atoms with Crippen LogP contribution >= 0.6 is 34.6 Å². The molecule has 2 nitrogen and oxygen atoms in total. The molecule has 68 valence electrons. The van der Waals surface area contributed by atoms with Gasteiger partial charge in [0, 0.05) is 28.4 Å². The van der Waals surface area contributed by atoms with E-state index in [2.05, 4.69) is 55.7 Å². The molecule has 0 unspecified atom stereocenters. The summed E-state index contributed by atoms with van der Waals surface area (Å²) >= 11 is 7.97. The van der Waals surface area contributed by atoms with Gasteiger partial charge in [0.1, 0.15) is 0 Å². The maximum Gasteiger partial charge on any atom is 0.0423 e. The van der Waals surface area contributed by atoms with Crippen molar-refractivity contribution in [2.24, 2.45) is 0 Å². The van der Waals surface area contributed by atoms with E-state index in [0.717, 1.165) is 13.0 Å². The zero-order valence-electron chi connectivity index (χ0n) is 7.56. The van der Waals surface area contributed by atoms with Crippen LogP contribution in [0.2, 0.25) is 0 Å². The molecule has 0 aromatic rings. The third-order valence-electron chi connectivity index (χ3n) is 1.63. The average Bonchev–Trinajstić information content (AvgIpc) is 1.84. The van der Waals surface area contributed by atoms with E-state index in [1.54, 1.807) is 2.63 Å². The van der Waals surface area contributed by atoms with E-state index in [1.807, 2.05) is 0 Å². The van der Waals surface area contributed by atoms with Crippen LogP contribution < -0.4 is 0 Å². The Labute approximate surface area is 88.5 Å². The zero-order valence-corrected chi connectivity index (χ0v) is 10.5. The second-order valence-corrected chi connectivity index (χ2v) is 5.47. The summed E-state index contributed by atoms with van der Waals surface area (Å²) in [6.07, 6.45) is 1.08. The molecule has 0 spiro atoms. The van der Waals surface area contributed by atoms with Crippen molar-refractivity contribution in [1.82, 2.24) is 7.53 Å². The topological polar surface area (TPSA) is 6.48 Å². The molecule has 11 heavy (non-hydrogen) atoms. The predicted octanol–water partition coefficient (Wildman–Crippen LogP) is 2.52. The van der Waals surface area contributed by atoms with Gasteiger partial charge in [0.25, 0.3) is 0 Å². The molecule has 0 saturated carbocycles. The summed E-state index contributed by atoms with van der Waals surface area (Å²) in [6.45, 7) is 5.34. The largest absolute Gasteiger partial charge is 0.309 e. The quantitative estimate of drug-likeness (QED) is 0.580. The average molecular weight is 291 g/mol. The fourth-order valence-electron chi connectivity index (χ4n) is 0.582. The molecule has 0 aliphatic rings. The highest BCUT2D eigenvalue weighted by Crippen LogP contribution is 2.25. The molecule has 0 aliphatic carbocycles. The molecule has 0 aliphatic heterocycles. The van der Waals surface area contributed by atoms with Gasteiger partial charge in [-0.2, -0.15) is 2.63 Å². The molecule has 0 aromatic carbocycles. The number of hydrogen-bond acceptors (Lipinski definition) is 2. The Morgan fingerprint density at radius 3 is 2.09 bits per heavy atom. The summed E-state index contributed by atoms with van der Waals surface area (Å²) in [6, 6.07) is 0. The first kappa shape index (κ1) is 11.9. The molecule has 0 amide bonds. The number of halogens is 2. The van der Waals surface area contributed by atoms with Crippen LogP contribution in [-0.2, 0) is 0 Å². The lowest BCUT2D eigenvalue weighted by Gasteiger charge is -2.29. The van der Waals surface area contributed by atoms with Crippen molar-refractivity contribution < 1.29 is 0 Å². The van der Waals surface area contributed by atoms with E-state index in [9.17, 15) is 0 Å². The Kier molecular flexibility index (Phi) is 5.26. The Balaban J connectivity index is 3.73. The van der Waals surface area contributed by atoms with Gasteiger partial charge in [0.2, 0.25) is 0 Å². The van der Waals surface area contributed by atoms with Crippen molar-refractivity contribution >= 4 is 34.6 Å². The van der Waals surface area contributed by atoms with Gasteiger partial charge in [-0.15, -0.1) is 0 Å². The Bertz CT molecular complexity index is 115. The van der Waals surface area contributed by atoms with Crippen LogP contribution in [0.1, 0.15) is 20.3 Å². The maximum absolute atomic E-state index is 5.85. The molecular formula is C7H16ClIN2. The molecule has 0 aromatic heterocycles. The minimum atomic E-state index is 0.0758. The first-order valence-electron chi connectivity index (χ1n) is 3.63. The highest BCUT2D eigenvalue weighted by atomic mass is 127. The van der Waals surface area contributed by atoms with Gasteiger partial charge in [-0.3, -0.25) is 0 Å². The van der Waals surface area contributed by atoms with Crippen LogP contribution in [-0.4, -0.2) is 33.7 Å². The smallest absolute Gasteiger partial charge is 0.0423 e. The van der Waals surface area contributed by atoms with Gasteiger partial charge in [-0.05, 0) is 52.7 Å². The van der Waals surface area contributed by atoms with E-state index in [1.165, 1.54) is 0 Å². The summed E-state index contributed by atoms with van der Waals surface area (Å²) in [5.41, 5.74) is 0.0758. The summed E-state index contributed by atoms with van der Waals surface area (Å²) in [4.78, 5) is 2.17. The Hall–Kier alpha value is 0.940. The van der Waals surface area contributed by atoms with Crippen molar-refractivity contribution in [3.63, 3.8) is 0 Å². The molecule has 0 bridgehead atoms. The lowest BCUT2D eigenvalue weighted by atomic mass is 10.0. The zero-order chi connectivity index (χ0) is 9.07. The third kappa shape index (κ3) is 5.22. The van der Waals surface area contributed by atoms with E-state index in [4.69, 9.17) is 11.8 Å². The van der Waals surface area contributed by atoms with Gasteiger partial charge in [0.05, 0.1) is 0 Å². The molecule has 4 heteroatoms. The fourth-order valence-corrected chi connectivity index (χ4v) is 0.907. The minimum absolute atomic E-state index is 0.0758. The lowest BCUT2D eigenvalue weighted by molar-refractivity contribution is 0.292. The Morgan fingerprint density at radius 1 is 1.36 bits per heavy atom. The van der Waals surface area contributed by atoms with Gasteiger partial charge in [-0.1, -0.05) is 0 Å². The van der Waals surface area contributed by atoms with Gasteiger partial charge >= 0.3 is 0 Å². The Morgan fingerprint density at radius 2 is 1.82 bits per heavy atom. The summed E-state index contributed by atoms with van der Waals surface area (Å²) in [7, 11) is 4.14. The normalized spacial score (nSPS) is 13.1. The first-order valence-corrected chi connectivity index (χ1v) is 4.93. The van der Waals surface area contributed by atoms with Gasteiger partial charge in [-0.25, -0.2) is 0 Å². The van der Waals surface area contributed by atoms with Crippen molar-refractivity contribution in [3.8, 4) is 0 Å². The molecule has 0 heterocycles. The number of rotatable bonds is 4. The fraction of sp³-hybridized carbons (Fsp3) is 1.00. The first-order chi connectivity index (χ1) is 4.86. The van der Waals surface area contributed by atoms with E-state index in [-0.39, 0.29) is 5.54 Å². The van der Waals surface area contributed by atoms with Crippen LogP contribution in [0.4, 0.5) is 0 Å². The second kappa shape index (κ2) is 4.84. The second-order valence-electron chi connectivity index (χ2n) is 3.60. The lowest BCUT2D eigenvalue weighted by Crippen LogP contribution is -2.34. The highest BCUT2D eigenvalue weighted by molar-refractivity contribution is 14.1. The molecule has 0 radical (unpaired) electrons. The monoisotopic (exact) mass is 290 g/mol. The molecule has 0 saturated heterocycles. The highest BCUT2D eigenvalue weighted by Gasteiger charge is 2.23. The van der Waals surface area contributed by atoms with Crippen LogP contribution in [0.15, 0.2) is 0 Å². The minimum Gasteiger partial charge on any atom is -0.309 e. The van der Waals surface area contributed by atoms with Crippen LogP contribution in [0, 0.1) is 0 Å². The SMILES string of the molecule is CN(C)CCC(C)(C)N(Cl)I. The summed E-state index contributed by atoms with van der Waals surface area (Å²) in [5.74, 6) is 0. The molecule has 0 atom stereocenters. The van der Waals surface area contributed by atoms with Crippen molar-refractivity contribution in [2.45, 2.75) is 25.8 Å². The standard InChI is InChI=1S/C7H16ClIN2/c1-7(2,11(8)9)5-6-10(3)4/h5-6H2,1-4H3. The molecule has 0 N–H and O–H groups in total. The summed E-state index contributed by atoms with van der Waals surface area (Å²) in [5, 5.41) is 0. The molecule has 0 fully saturated rings. The van der Waals surface area contributed by atoms with Crippen LogP contribution in [0.3, 0.4) is 0 Å². The van der Waals surface area contributed by atoms with Gasteiger partial charge in [0.15, 0.2) is 0 Å². The van der Waals surface area contributed by atoms with Crippen molar-refractivity contribution in [1.29, 1.82) is 0 Å². The number of hydrogen-bond donors (Lipinski definition) is 0. The van der Waals surface area contributed by atoms with Crippen LogP contribution in [0.5, 0.6) is 0 Å². The molecule has 0 rings (SSSR count). The third-order valence-corrected chi connectivity index (χ3v) is 3.39. The van der Waals surface area contributed by atoms with Gasteiger partial charge < -0.3 is 4.90 Å². The van der Waals surface area contributed by atoms with Crippen molar-refractivity contribution in [3.05, 3.63) is 0 Å². The summed E-state index contributed by atoms with van der Waals surface area (Å²) < 4.78 is 1.72.